The molecule has 0 saturated heterocycles. The van der Waals surface area contributed by atoms with Crippen LogP contribution in [0, 0.1) is 5.41 Å². The molecule has 6 nitrogen and oxygen atoms in total. The molecule has 2 aromatic rings. The number of benzene rings is 1. The number of nitrogens with one attached hydrogen (secondary N) is 1. The second-order valence-electron chi connectivity index (χ2n) is 7.19. The van der Waals surface area contributed by atoms with Crippen molar-refractivity contribution in [3.05, 3.63) is 47.7 Å². The van der Waals surface area contributed by atoms with Crippen molar-refractivity contribution >= 4 is 6.09 Å². The molecule has 138 valence electrons. The van der Waals surface area contributed by atoms with Gasteiger partial charge in [-0.1, -0.05) is 32.0 Å². The Bertz CT molecular complexity index is 787. The van der Waals surface area contributed by atoms with Crippen LogP contribution in [0.25, 0.3) is 11.1 Å². The predicted octanol–water partition coefficient (Wildman–Crippen LogP) is 3.66. The molecule has 26 heavy (non-hydrogen) atoms. The second kappa shape index (κ2) is 7.33. The van der Waals surface area contributed by atoms with Crippen LogP contribution in [0.1, 0.15) is 31.0 Å². The van der Waals surface area contributed by atoms with E-state index >= 15 is 0 Å². The SMILES string of the molecule is COCCOc1ccc(-c2ccc3c(c2)CC(C)(C)C3NC(=O)O)cn1. The minimum Gasteiger partial charge on any atom is -0.475 e. The van der Waals surface area contributed by atoms with Crippen LogP contribution < -0.4 is 10.1 Å². The Kier molecular flexibility index (Phi) is 5.13. The van der Waals surface area contributed by atoms with E-state index in [0.29, 0.717) is 19.1 Å². The quantitative estimate of drug-likeness (QED) is 0.772. The zero-order valence-corrected chi connectivity index (χ0v) is 15.3. The Morgan fingerprint density at radius 3 is 2.69 bits per heavy atom. The van der Waals surface area contributed by atoms with Crippen molar-refractivity contribution < 1.29 is 19.4 Å². The van der Waals surface area contributed by atoms with Gasteiger partial charge in [-0.25, -0.2) is 9.78 Å². The molecule has 1 amide bonds. The zero-order valence-electron chi connectivity index (χ0n) is 15.3. The summed E-state index contributed by atoms with van der Waals surface area (Å²) in [5.74, 6) is 0.568. The molecule has 0 bridgehead atoms. The molecule has 1 atom stereocenters. The molecule has 3 rings (SSSR count). The lowest BCUT2D eigenvalue weighted by atomic mass is 9.85. The highest BCUT2D eigenvalue weighted by atomic mass is 16.5. The van der Waals surface area contributed by atoms with Gasteiger partial charge in [0.05, 0.1) is 12.6 Å². The van der Waals surface area contributed by atoms with Crippen LogP contribution in [0.15, 0.2) is 36.5 Å². The minimum absolute atomic E-state index is 0.156. The summed E-state index contributed by atoms with van der Waals surface area (Å²) in [4.78, 5) is 15.5. The Morgan fingerprint density at radius 1 is 1.27 bits per heavy atom. The Hall–Kier alpha value is -2.60. The number of carbonyl (C=O) groups is 1. The fourth-order valence-corrected chi connectivity index (χ4v) is 3.50. The van der Waals surface area contributed by atoms with E-state index in [1.165, 1.54) is 5.56 Å². The first-order valence-corrected chi connectivity index (χ1v) is 8.61. The van der Waals surface area contributed by atoms with Gasteiger partial charge in [0.2, 0.25) is 5.88 Å². The molecule has 1 aliphatic rings. The van der Waals surface area contributed by atoms with Gasteiger partial charge in [0.1, 0.15) is 6.61 Å². The summed E-state index contributed by atoms with van der Waals surface area (Å²) in [6.07, 6.45) is 1.62. The fourth-order valence-electron chi connectivity index (χ4n) is 3.50. The van der Waals surface area contributed by atoms with Crippen molar-refractivity contribution in [2.75, 3.05) is 20.3 Å². The van der Waals surface area contributed by atoms with E-state index in [-0.39, 0.29) is 11.5 Å². The van der Waals surface area contributed by atoms with E-state index < -0.39 is 6.09 Å². The Balaban J connectivity index is 1.80. The third-order valence-corrected chi connectivity index (χ3v) is 4.76. The molecule has 1 heterocycles. The fraction of sp³-hybridized carbons (Fsp3) is 0.400. The number of nitrogens with zero attached hydrogens (tertiary/aromatic N) is 1. The van der Waals surface area contributed by atoms with Crippen LogP contribution in [0.3, 0.4) is 0 Å². The maximum Gasteiger partial charge on any atom is 0.405 e. The molecule has 1 aromatic heterocycles. The van der Waals surface area contributed by atoms with Crippen LogP contribution >= 0.6 is 0 Å². The van der Waals surface area contributed by atoms with E-state index in [0.717, 1.165) is 23.1 Å². The average molecular weight is 356 g/mol. The second-order valence-corrected chi connectivity index (χ2v) is 7.19. The molecule has 0 saturated carbocycles. The molecular formula is C20H24N2O4. The van der Waals surface area contributed by atoms with Gasteiger partial charge in [-0.3, -0.25) is 0 Å². The van der Waals surface area contributed by atoms with Crippen molar-refractivity contribution in [2.24, 2.45) is 5.41 Å². The van der Waals surface area contributed by atoms with Gasteiger partial charge in [0, 0.05) is 24.9 Å². The van der Waals surface area contributed by atoms with Crippen molar-refractivity contribution in [3.63, 3.8) is 0 Å². The third-order valence-electron chi connectivity index (χ3n) is 4.76. The van der Waals surface area contributed by atoms with E-state index in [1.807, 2.05) is 24.3 Å². The third kappa shape index (κ3) is 3.80. The normalized spacial score (nSPS) is 17.6. The first-order chi connectivity index (χ1) is 12.4. The van der Waals surface area contributed by atoms with E-state index in [1.54, 1.807) is 13.3 Å². The molecule has 1 aromatic carbocycles. The van der Waals surface area contributed by atoms with Crippen molar-refractivity contribution in [1.82, 2.24) is 10.3 Å². The van der Waals surface area contributed by atoms with Crippen LogP contribution in [0.4, 0.5) is 4.79 Å². The largest absolute Gasteiger partial charge is 0.475 e. The highest BCUT2D eigenvalue weighted by Crippen LogP contribution is 2.46. The summed E-state index contributed by atoms with van der Waals surface area (Å²) in [6.45, 7) is 5.16. The van der Waals surface area contributed by atoms with Crippen LogP contribution in [-0.2, 0) is 11.2 Å². The lowest BCUT2D eigenvalue weighted by Gasteiger charge is -2.27. The number of methoxy groups -OCH3 is 1. The average Bonchev–Trinajstić information content (AvgIpc) is 2.84. The maximum atomic E-state index is 11.1. The van der Waals surface area contributed by atoms with Crippen molar-refractivity contribution in [1.29, 1.82) is 0 Å². The molecule has 0 aliphatic heterocycles. The van der Waals surface area contributed by atoms with Crippen LogP contribution in [0.5, 0.6) is 5.88 Å². The molecule has 2 N–H and O–H groups in total. The first-order valence-electron chi connectivity index (χ1n) is 8.61. The summed E-state index contributed by atoms with van der Waals surface area (Å²) in [5.41, 5.74) is 4.13. The van der Waals surface area contributed by atoms with Crippen LogP contribution in [0.2, 0.25) is 0 Å². The Labute approximate surface area is 153 Å². The number of pyridine rings is 1. The highest BCUT2D eigenvalue weighted by molar-refractivity contribution is 5.68. The molecule has 6 heteroatoms. The predicted molar refractivity (Wildman–Crippen MR) is 98.4 cm³/mol. The van der Waals surface area contributed by atoms with Crippen molar-refractivity contribution in [3.8, 4) is 17.0 Å². The highest BCUT2D eigenvalue weighted by Gasteiger charge is 2.39. The van der Waals surface area contributed by atoms with E-state index in [9.17, 15) is 4.79 Å². The molecule has 0 fully saturated rings. The molecule has 1 unspecified atom stereocenters. The number of hydrogen-bond donors (Lipinski definition) is 2. The van der Waals surface area contributed by atoms with Gasteiger partial charge in [-0.2, -0.15) is 0 Å². The smallest absolute Gasteiger partial charge is 0.405 e. The maximum absolute atomic E-state index is 11.1. The van der Waals surface area contributed by atoms with Crippen molar-refractivity contribution in [2.45, 2.75) is 26.3 Å². The van der Waals surface area contributed by atoms with Gasteiger partial charge in [0.15, 0.2) is 0 Å². The van der Waals surface area contributed by atoms with E-state index in [2.05, 4.69) is 30.2 Å². The van der Waals surface area contributed by atoms with Gasteiger partial charge in [-0.15, -0.1) is 0 Å². The number of carboxylic acid groups (broad SMARTS) is 1. The summed E-state index contributed by atoms with van der Waals surface area (Å²) < 4.78 is 10.4. The summed E-state index contributed by atoms with van der Waals surface area (Å²) in [5, 5.41) is 11.8. The zero-order chi connectivity index (χ0) is 18.7. The van der Waals surface area contributed by atoms with Gasteiger partial charge < -0.3 is 19.9 Å². The van der Waals surface area contributed by atoms with E-state index in [4.69, 9.17) is 14.6 Å². The summed E-state index contributed by atoms with van der Waals surface area (Å²) >= 11 is 0. The minimum atomic E-state index is -0.992. The number of amides is 1. The number of ether oxygens (including phenoxy) is 2. The summed E-state index contributed by atoms with van der Waals surface area (Å²) in [6, 6.07) is 9.78. The van der Waals surface area contributed by atoms with Crippen LogP contribution in [-0.4, -0.2) is 36.5 Å². The lowest BCUT2D eigenvalue weighted by molar-refractivity contribution is 0.144. The summed E-state index contributed by atoms with van der Waals surface area (Å²) in [7, 11) is 1.63. The first kappa shape index (κ1) is 18.2. The number of aromatic nitrogens is 1. The van der Waals surface area contributed by atoms with Gasteiger partial charge >= 0.3 is 6.09 Å². The lowest BCUT2D eigenvalue weighted by Crippen LogP contribution is -2.34. The standard InChI is InChI=1S/C20H24N2O4/c1-20(2)11-15-10-13(4-6-16(15)18(20)22-19(23)24)14-5-7-17(21-12-14)26-9-8-25-3/h4-7,10,12,18,22H,8-9,11H2,1-3H3,(H,23,24). The molecule has 0 radical (unpaired) electrons. The number of rotatable bonds is 6. The topological polar surface area (TPSA) is 80.7 Å². The molecular weight excluding hydrogens is 332 g/mol. The number of hydrogen-bond acceptors (Lipinski definition) is 4. The van der Waals surface area contributed by atoms with Gasteiger partial charge in [-0.05, 0) is 34.6 Å². The molecule has 0 spiro atoms. The Morgan fingerprint density at radius 2 is 2.04 bits per heavy atom. The van der Waals surface area contributed by atoms with Gasteiger partial charge in [0.25, 0.3) is 0 Å². The monoisotopic (exact) mass is 356 g/mol. The molecule has 1 aliphatic carbocycles. The number of fused-ring (bicyclic) bond motifs is 1.